The summed E-state index contributed by atoms with van der Waals surface area (Å²) < 4.78 is 26.7. The van der Waals surface area contributed by atoms with Crippen molar-refractivity contribution in [2.45, 2.75) is 25.8 Å². The van der Waals surface area contributed by atoms with Crippen molar-refractivity contribution in [2.75, 3.05) is 5.32 Å². The highest BCUT2D eigenvalue weighted by atomic mass is 32.1. The summed E-state index contributed by atoms with van der Waals surface area (Å²) in [7, 11) is 0. The van der Waals surface area contributed by atoms with Crippen LogP contribution in [0.5, 0.6) is 0 Å². The van der Waals surface area contributed by atoms with E-state index in [9.17, 15) is 18.9 Å². The van der Waals surface area contributed by atoms with Crippen LogP contribution in [0.3, 0.4) is 0 Å². The lowest BCUT2D eigenvalue weighted by molar-refractivity contribution is -0.386. The van der Waals surface area contributed by atoms with Crippen molar-refractivity contribution in [3.63, 3.8) is 0 Å². The topological polar surface area (TPSA) is 55.2 Å². The van der Waals surface area contributed by atoms with Crippen LogP contribution in [0, 0.1) is 21.7 Å². The number of aryl methyl sites for hydroxylation is 2. The molecule has 1 aliphatic rings. The standard InChI is InChI=1S/C14H12F2N2O2S/c15-9-5-11(16)14(18(19)20)12(6-9)17-7-10-4-8-2-1-3-13(8)21-10/h4-6,17H,1-3,7H2. The zero-order chi connectivity index (χ0) is 15.0. The highest BCUT2D eigenvalue weighted by Gasteiger charge is 2.22. The highest BCUT2D eigenvalue weighted by Crippen LogP contribution is 2.33. The number of nitrogens with one attached hydrogen (secondary N) is 1. The van der Waals surface area contributed by atoms with Crippen LogP contribution in [0.1, 0.15) is 21.7 Å². The van der Waals surface area contributed by atoms with E-state index in [0.29, 0.717) is 12.6 Å². The Balaban J connectivity index is 1.82. The van der Waals surface area contributed by atoms with Crippen molar-refractivity contribution in [3.8, 4) is 0 Å². The molecule has 1 aromatic carbocycles. The van der Waals surface area contributed by atoms with Crippen LogP contribution < -0.4 is 5.32 Å². The summed E-state index contributed by atoms with van der Waals surface area (Å²) in [5.74, 6) is -2.01. The number of benzene rings is 1. The number of nitro groups is 1. The van der Waals surface area contributed by atoms with E-state index >= 15 is 0 Å². The lowest BCUT2D eigenvalue weighted by atomic mass is 10.2. The quantitative estimate of drug-likeness (QED) is 0.685. The Hall–Kier alpha value is -2.02. The van der Waals surface area contributed by atoms with Crippen LogP contribution in [0.2, 0.25) is 0 Å². The summed E-state index contributed by atoms with van der Waals surface area (Å²) in [6.07, 6.45) is 3.28. The largest absolute Gasteiger partial charge is 0.374 e. The summed E-state index contributed by atoms with van der Waals surface area (Å²) in [5.41, 5.74) is 0.461. The van der Waals surface area contributed by atoms with Gasteiger partial charge in [-0.25, -0.2) is 4.39 Å². The molecule has 0 atom stereocenters. The fourth-order valence-electron chi connectivity index (χ4n) is 2.55. The molecule has 1 heterocycles. The van der Waals surface area contributed by atoms with E-state index in [4.69, 9.17) is 0 Å². The average Bonchev–Trinajstić information content (AvgIpc) is 2.95. The molecule has 0 unspecified atom stereocenters. The molecule has 21 heavy (non-hydrogen) atoms. The summed E-state index contributed by atoms with van der Waals surface area (Å²) in [6.45, 7) is 0.321. The first kappa shape index (κ1) is 13.9. The van der Waals surface area contributed by atoms with E-state index in [2.05, 4.69) is 11.4 Å². The molecule has 0 aliphatic heterocycles. The Kier molecular flexibility index (Phi) is 3.59. The SMILES string of the molecule is O=[N+]([O-])c1c(F)cc(F)cc1NCc1cc2c(s1)CCC2. The molecule has 4 nitrogen and oxygen atoms in total. The second-order valence-electron chi connectivity index (χ2n) is 4.91. The molecule has 1 N–H and O–H groups in total. The first-order chi connectivity index (χ1) is 10.0. The van der Waals surface area contributed by atoms with Gasteiger partial charge in [-0.1, -0.05) is 0 Å². The van der Waals surface area contributed by atoms with Crippen molar-refractivity contribution < 1.29 is 13.7 Å². The Bertz CT molecular complexity index is 694. The minimum absolute atomic E-state index is 0.133. The highest BCUT2D eigenvalue weighted by molar-refractivity contribution is 7.12. The monoisotopic (exact) mass is 310 g/mol. The fourth-order valence-corrected chi connectivity index (χ4v) is 3.75. The number of hydrogen-bond donors (Lipinski definition) is 1. The molecule has 110 valence electrons. The average molecular weight is 310 g/mol. The van der Waals surface area contributed by atoms with Crippen molar-refractivity contribution in [3.05, 3.63) is 55.3 Å². The zero-order valence-corrected chi connectivity index (χ0v) is 11.8. The smallest absolute Gasteiger partial charge is 0.327 e. The Labute approximate surface area is 123 Å². The minimum atomic E-state index is -1.17. The predicted molar refractivity (Wildman–Crippen MR) is 76.7 cm³/mol. The van der Waals surface area contributed by atoms with E-state index in [1.54, 1.807) is 11.3 Å². The molecule has 1 aromatic heterocycles. The maximum absolute atomic E-state index is 13.5. The van der Waals surface area contributed by atoms with Gasteiger partial charge in [0, 0.05) is 28.4 Å². The van der Waals surface area contributed by atoms with Gasteiger partial charge in [0.2, 0.25) is 5.82 Å². The molecule has 0 bridgehead atoms. The number of nitrogens with zero attached hydrogens (tertiary/aromatic N) is 1. The third kappa shape index (κ3) is 2.73. The first-order valence-electron chi connectivity index (χ1n) is 6.52. The van der Waals surface area contributed by atoms with Gasteiger partial charge in [0.15, 0.2) is 0 Å². The van der Waals surface area contributed by atoms with Crippen LogP contribution in [0.4, 0.5) is 20.2 Å². The molecule has 0 saturated carbocycles. The fraction of sp³-hybridized carbons (Fsp3) is 0.286. The van der Waals surface area contributed by atoms with Crippen molar-refractivity contribution in [1.82, 2.24) is 0 Å². The molecule has 0 amide bonds. The number of anilines is 1. The predicted octanol–water partition coefficient (Wildman–Crippen LogP) is 4.04. The second kappa shape index (κ2) is 5.40. The number of nitro benzene ring substituents is 1. The third-order valence-corrected chi connectivity index (χ3v) is 4.70. The van der Waals surface area contributed by atoms with Crippen molar-refractivity contribution in [1.29, 1.82) is 0 Å². The van der Waals surface area contributed by atoms with Gasteiger partial charge < -0.3 is 5.32 Å². The van der Waals surface area contributed by atoms with Gasteiger partial charge in [-0.3, -0.25) is 10.1 Å². The number of fused-ring (bicyclic) bond motifs is 1. The van der Waals surface area contributed by atoms with Gasteiger partial charge in [-0.15, -0.1) is 11.3 Å². The molecule has 3 rings (SSSR count). The summed E-state index contributed by atoms with van der Waals surface area (Å²) in [6, 6.07) is 3.52. The molecule has 0 saturated heterocycles. The van der Waals surface area contributed by atoms with Gasteiger partial charge >= 0.3 is 5.69 Å². The molecule has 0 fully saturated rings. The summed E-state index contributed by atoms with van der Waals surface area (Å²) in [5, 5.41) is 13.7. The lowest BCUT2D eigenvalue weighted by Gasteiger charge is -2.07. The third-order valence-electron chi connectivity index (χ3n) is 3.46. The van der Waals surface area contributed by atoms with Crippen LogP contribution in [0.25, 0.3) is 0 Å². The van der Waals surface area contributed by atoms with Gasteiger partial charge in [-0.2, -0.15) is 4.39 Å². The zero-order valence-electron chi connectivity index (χ0n) is 11.0. The Morgan fingerprint density at radius 2 is 2.10 bits per heavy atom. The van der Waals surface area contributed by atoms with E-state index in [1.807, 2.05) is 0 Å². The number of hydrogen-bond acceptors (Lipinski definition) is 4. The van der Waals surface area contributed by atoms with Crippen LogP contribution in [0.15, 0.2) is 18.2 Å². The van der Waals surface area contributed by atoms with E-state index in [0.717, 1.165) is 30.2 Å². The molecular formula is C14H12F2N2O2S. The molecule has 0 spiro atoms. The second-order valence-corrected chi connectivity index (χ2v) is 6.13. The summed E-state index contributed by atoms with van der Waals surface area (Å²) in [4.78, 5) is 12.4. The van der Waals surface area contributed by atoms with E-state index in [-0.39, 0.29) is 5.69 Å². The molecule has 7 heteroatoms. The molecule has 1 aliphatic carbocycles. The van der Waals surface area contributed by atoms with Gasteiger partial charge in [0.25, 0.3) is 0 Å². The Morgan fingerprint density at radius 1 is 1.29 bits per heavy atom. The van der Waals surface area contributed by atoms with E-state index in [1.165, 1.54) is 10.4 Å². The van der Waals surface area contributed by atoms with Crippen LogP contribution >= 0.6 is 11.3 Å². The van der Waals surface area contributed by atoms with Crippen LogP contribution in [-0.2, 0) is 19.4 Å². The summed E-state index contributed by atoms with van der Waals surface area (Å²) >= 11 is 1.64. The van der Waals surface area contributed by atoms with Crippen molar-refractivity contribution in [2.24, 2.45) is 0 Å². The number of rotatable bonds is 4. The van der Waals surface area contributed by atoms with Crippen molar-refractivity contribution >= 4 is 22.7 Å². The van der Waals surface area contributed by atoms with Gasteiger partial charge in [0.05, 0.1) is 4.92 Å². The van der Waals surface area contributed by atoms with E-state index < -0.39 is 22.2 Å². The minimum Gasteiger partial charge on any atom is -0.374 e. The number of halogens is 2. The van der Waals surface area contributed by atoms with Gasteiger partial charge in [-0.05, 0) is 30.9 Å². The molecular weight excluding hydrogens is 298 g/mol. The maximum Gasteiger partial charge on any atom is 0.327 e. The molecule has 0 radical (unpaired) electrons. The number of thiophene rings is 1. The Morgan fingerprint density at radius 3 is 2.81 bits per heavy atom. The molecule has 2 aromatic rings. The van der Waals surface area contributed by atoms with Crippen LogP contribution in [-0.4, -0.2) is 4.92 Å². The first-order valence-corrected chi connectivity index (χ1v) is 7.34. The maximum atomic E-state index is 13.5. The lowest BCUT2D eigenvalue weighted by Crippen LogP contribution is -2.04. The normalized spacial score (nSPS) is 13.2. The van der Waals surface area contributed by atoms with Gasteiger partial charge in [0.1, 0.15) is 11.5 Å².